The highest BCUT2D eigenvalue weighted by molar-refractivity contribution is 5.89. The lowest BCUT2D eigenvalue weighted by atomic mass is 9.98. The Hall–Kier alpha value is -2.97. The number of nitrogens with zero attached hydrogens (tertiary/aromatic N) is 4. The fourth-order valence-electron chi connectivity index (χ4n) is 2.71. The molecule has 24 heavy (non-hydrogen) atoms. The van der Waals surface area contributed by atoms with Crippen LogP contribution in [0.1, 0.15) is 30.5 Å². The number of carbonyl (C=O) groups excluding carboxylic acids is 1. The van der Waals surface area contributed by atoms with Gasteiger partial charge < -0.3 is 14.7 Å². The van der Waals surface area contributed by atoms with E-state index in [1.54, 1.807) is 11.8 Å². The predicted octanol–water partition coefficient (Wildman–Crippen LogP) is 2.70. The molecule has 2 heterocycles. The van der Waals surface area contributed by atoms with E-state index >= 15 is 0 Å². The molecule has 0 saturated carbocycles. The van der Waals surface area contributed by atoms with Crippen molar-refractivity contribution in [2.24, 2.45) is 0 Å². The molecule has 0 radical (unpaired) electrons. The molecule has 2 amide bonds. The van der Waals surface area contributed by atoms with Crippen LogP contribution >= 0.6 is 0 Å². The van der Waals surface area contributed by atoms with Gasteiger partial charge in [-0.1, -0.05) is 5.16 Å². The number of carbonyl (C=O) groups is 1. The van der Waals surface area contributed by atoms with Crippen molar-refractivity contribution in [3.8, 4) is 0 Å². The Morgan fingerprint density at radius 2 is 2.17 bits per heavy atom. The van der Waals surface area contributed by atoms with Crippen LogP contribution in [-0.4, -0.2) is 39.1 Å². The number of anilines is 1. The number of aromatic nitrogens is 2. The Labute approximate surface area is 137 Å². The van der Waals surface area contributed by atoms with Gasteiger partial charge >= 0.3 is 6.03 Å². The Morgan fingerprint density at radius 1 is 1.42 bits per heavy atom. The number of benzene rings is 1. The summed E-state index contributed by atoms with van der Waals surface area (Å²) in [5, 5.41) is 17.2. The zero-order chi connectivity index (χ0) is 17.1. The molecule has 9 heteroatoms. The van der Waals surface area contributed by atoms with Crippen molar-refractivity contribution in [3.63, 3.8) is 0 Å². The number of likely N-dealkylation sites (tertiary alicyclic amines) is 1. The quantitative estimate of drug-likeness (QED) is 0.683. The average Bonchev–Trinajstić information content (AvgIpc) is 3.02. The second-order valence-electron chi connectivity index (χ2n) is 5.70. The van der Waals surface area contributed by atoms with Gasteiger partial charge in [-0.2, -0.15) is 4.98 Å². The van der Waals surface area contributed by atoms with Crippen LogP contribution in [0.4, 0.5) is 16.2 Å². The van der Waals surface area contributed by atoms with Crippen molar-refractivity contribution in [1.82, 2.24) is 15.0 Å². The molecule has 3 rings (SSSR count). The van der Waals surface area contributed by atoms with E-state index in [-0.39, 0.29) is 17.6 Å². The third-order valence-corrected chi connectivity index (χ3v) is 3.93. The number of rotatable bonds is 3. The molecule has 1 aliphatic rings. The Morgan fingerprint density at radius 3 is 2.79 bits per heavy atom. The number of nitro benzene ring substituents is 1. The molecular formula is C15H17N5O4. The van der Waals surface area contributed by atoms with E-state index in [0.29, 0.717) is 30.5 Å². The van der Waals surface area contributed by atoms with E-state index in [4.69, 9.17) is 4.52 Å². The molecule has 1 aliphatic heterocycles. The van der Waals surface area contributed by atoms with Crippen molar-refractivity contribution >= 4 is 17.4 Å². The summed E-state index contributed by atoms with van der Waals surface area (Å²) in [6.07, 6.45) is 1.74. The van der Waals surface area contributed by atoms with E-state index < -0.39 is 4.92 Å². The first-order valence-electron chi connectivity index (χ1n) is 7.63. The second kappa shape index (κ2) is 6.65. The predicted molar refractivity (Wildman–Crippen MR) is 84.7 cm³/mol. The Kier molecular flexibility index (Phi) is 4.41. The molecule has 126 valence electrons. The van der Waals surface area contributed by atoms with Gasteiger partial charge in [0.25, 0.3) is 5.69 Å². The number of non-ortho nitro benzene ring substituents is 1. The molecule has 9 nitrogen and oxygen atoms in total. The molecule has 1 aromatic carbocycles. The van der Waals surface area contributed by atoms with Gasteiger partial charge in [0.05, 0.1) is 10.8 Å². The third-order valence-electron chi connectivity index (χ3n) is 3.93. The maximum atomic E-state index is 12.4. The number of nitro groups is 1. The standard InChI is InChI=1S/C15H17N5O4/c1-10-16-14(24-18-10)11-3-2-8-19(9-11)15(21)17-12-4-6-13(7-5-12)20(22)23/h4-7,11H,2-3,8-9H2,1H3,(H,17,21)/t11-/m0/s1. The van der Waals surface area contributed by atoms with Gasteiger partial charge in [0.2, 0.25) is 5.89 Å². The van der Waals surface area contributed by atoms with E-state index in [1.807, 2.05) is 0 Å². The van der Waals surface area contributed by atoms with E-state index in [9.17, 15) is 14.9 Å². The maximum Gasteiger partial charge on any atom is 0.321 e. The highest BCUT2D eigenvalue weighted by Gasteiger charge is 2.28. The molecule has 2 aromatic rings. The van der Waals surface area contributed by atoms with Gasteiger partial charge in [-0.15, -0.1) is 0 Å². The van der Waals surface area contributed by atoms with Crippen LogP contribution in [0.2, 0.25) is 0 Å². The summed E-state index contributed by atoms with van der Waals surface area (Å²) < 4.78 is 5.20. The van der Waals surface area contributed by atoms with Crippen LogP contribution in [-0.2, 0) is 0 Å². The molecule has 1 N–H and O–H groups in total. The zero-order valence-electron chi connectivity index (χ0n) is 13.1. The summed E-state index contributed by atoms with van der Waals surface area (Å²) in [5.41, 5.74) is 0.499. The highest BCUT2D eigenvalue weighted by atomic mass is 16.6. The number of piperidine rings is 1. The summed E-state index contributed by atoms with van der Waals surface area (Å²) in [7, 11) is 0. The number of hydrogen-bond donors (Lipinski definition) is 1. The first kappa shape index (κ1) is 15.9. The largest absolute Gasteiger partial charge is 0.339 e. The average molecular weight is 331 g/mol. The lowest BCUT2D eigenvalue weighted by Crippen LogP contribution is -2.41. The molecule has 0 aliphatic carbocycles. The number of amides is 2. The van der Waals surface area contributed by atoms with Gasteiger partial charge in [-0.05, 0) is 31.9 Å². The second-order valence-corrected chi connectivity index (χ2v) is 5.70. The minimum atomic E-state index is -0.479. The topological polar surface area (TPSA) is 114 Å². The fraction of sp³-hybridized carbons (Fsp3) is 0.400. The Bertz CT molecular complexity index is 743. The van der Waals surface area contributed by atoms with E-state index in [1.165, 1.54) is 24.3 Å². The van der Waals surface area contributed by atoms with Crippen LogP contribution in [0.25, 0.3) is 0 Å². The first-order valence-corrected chi connectivity index (χ1v) is 7.63. The molecular weight excluding hydrogens is 314 g/mol. The Balaban J connectivity index is 1.63. The van der Waals surface area contributed by atoms with Gasteiger partial charge in [0.1, 0.15) is 0 Å². The molecule has 0 spiro atoms. The highest BCUT2D eigenvalue weighted by Crippen LogP contribution is 2.26. The summed E-state index contributed by atoms with van der Waals surface area (Å²) in [5.74, 6) is 1.17. The lowest BCUT2D eigenvalue weighted by Gasteiger charge is -2.31. The van der Waals surface area contributed by atoms with Crippen LogP contribution < -0.4 is 5.32 Å². The first-order chi connectivity index (χ1) is 11.5. The molecule has 0 unspecified atom stereocenters. The number of aryl methyl sites for hydroxylation is 1. The molecule has 1 saturated heterocycles. The van der Waals surface area contributed by atoms with Crippen molar-refractivity contribution < 1.29 is 14.2 Å². The van der Waals surface area contributed by atoms with Gasteiger partial charge in [0.15, 0.2) is 5.82 Å². The summed E-state index contributed by atoms with van der Waals surface area (Å²) >= 11 is 0. The SMILES string of the molecule is Cc1noc([C@H]2CCCN(C(=O)Nc3ccc([N+](=O)[O-])cc3)C2)n1. The fourth-order valence-corrected chi connectivity index (χ4v) is 2.71. The smallest absolute Gasteiger partial charge is 0.321 e. The van der Waals surface area contributed by atoms with Gasteiger partial charge in [-0.25, -0.2) is 4.79 Å². The molecule has 0 bridgehead atoms. The zero-order valence-corrected chi connectivity index (χ0v) is 13.1. The van der Waals surface area contributed by atoms with Crippen LogP contribution in [0.15, 0.2) is 28.8 Å². The van der Waals surface area contributed by atoms with Crippen molar-refractivity contribution in [1.29, 1.82) is 0 Å². The minimum absolute atomic E-state index is 0.0159. The van der Waals surface area contributed by atoms with Crippen LogP contribution in [0.3, 0.4) is 0 Å². The number of nitrogens with one attached hydrogen (secondary N) is 1. The monoisotopic (exact) mass is 331 g/mol. The molecule has 1 fully saturated rings. The maximum absolute atomic E-state index is 12.4. The number of urea groups is 1. The van der Waals surface area contributed by atoms with Gasteiger partial charge in [0, 0.05) is 30.9 Å². The van der Waals surface area contributed by atoms with Gasteiger partial charge in [-0.3, -0.25) is 10.1 Å². The van der Waals surface area contributed by atoms with Crippen molar-refractivity contribution in [2.75, 3.05) is 18.4 Å². The minimum Gasteiger partial charge on any atom is -0.339 e. The lowest BCUT2D eigenvalue weighted by molar-refractivity contribution is -0.384. The summed E-state index contributed by atoms with van der Waals surface area (Å²) in [4.78, 5) is 28.5. The van der Waals surface area contributed by atoms with Crippen molar-refractivity contribution in [2.45, 2.75) is 25.7 Å². The van der Waals surface area contributed by atoms with E-state index in [0.717, 1.165) is 12.8 Å². The van der Waals surface area contributed by atoms with Crippen LogP contribution in [0, 0.1) is 17.0 Å². The molecule has 1 aromatic heterocycles. The van der Waals surface area contributed by atoms with E-state index in [2.05, 4.69) is 15.5 Å². The normalized spacial score (nSPS) is 17.5. The number of hydrogen-bond acceptors (Lipinski definition) is 6. The van der Waals surface area contributed by atoms with Crippen molar-refractivity contribution in [3.05, 3.63) is 46.1 Å². The summed E-state index contributed by atoms with van der Waals surface area (Å²) in [6.45, 7) is 2.90. The van der Waals surface area contributed by atoms with Crippen LogP contribution in [0.5, 0.6) is 0 Å². The summed E-state index contributed by atoms with van der Waals surface area (Å²) in [6, 6.07) is 5.49. The molecule has 1 atom stereocenters. The third kappa shape index (κ3) is 3.50.